The number of hydrogen-bond donors (Lipinski definition) is 0. The molecular weight excluding hydrogens is 157 g/mol. The summed E-state index contributed by atoms with van der Waals surface area (Å²) in [6, 6.07) is 0. The zero-order chi connectivity index (χ0) is 10.2. The minimum absolute atomic E-state index is 0.378. The second-order valence-electron chi connectivity index (χ2n) is 3.81. The van der Waals surface area contributed by atoms with E-state index in [9.17, 15) is 0 Å². The molecule has 0 aromatic heterocycles. The van der Waals surface area contributed by atoms with Crippen molar-refractivity contribution in [3.05, 3.63) is 34.9 Å². The van der Waals surface area contributed by atoms with E-state index in [-0.39, 0.29) is 0 Å². The highest BCUT2D eigenvalue weighted by Crippen LogP contribution is 2.28. The van der Waals surface area contributed by atoms with Gasteiger partial charge in [-0.3, -0.25) is 0 Å². The van der Waals surface area contributed by atoms with Crippen LogP contribution in [0.2, 0.25) is 0 Å². The summed E-state index contributed by atoms with van der Waals surface area (Å²) in [6.45, 7) is 13.0. The van der Waals surface area contributed by atoms with Gasteiger partial charge in [0.2, 0.25) is 0 Å². The Morgan fingerprint density at radius 1 is 1.15 bits per heavy atom. The Morgan fingerprint density at radius 3 is 2.15 bits per heavy atom. The second-order valence-corrected chi connectivity index (χ2v) is 3.81. The van der Waals surface area contributed by atoms with Crippen LogP contribution in [0.25, 0.3) is 0 Å². The molecule has 0 unspecified atom stereocenters. The van der Waals surface area contributed by atoms with Gasteiger partial charge in [0.15, 0.2) is 0 Å². The average Bonchev–Trinajstić information content (AvgIpc) is 2.13. The van der Waals surface area contributed by atoms with Gasteiger partial charge in [-0.05, 0) is 40.3 Å². The first-order valence-corrected chi connectivity index (χ1v) is 4.71. The summed E-state index contributed by atoms with van der Waals surface area (Å²) in [5, 5.41) is 0. The summed E-state index contributed by atoms with van der Waals surface area (Å²) in [5.74, 6) is 2.01. The summed E-state index contributed by atoms with van der Waals surface area (Å²) < 4.78 is 0. The van der Waals surface area contributed by atoms with Crippen molar-refractivity contribution in [2.75, 3.05) is 7.05 Å². The van der Waals surface area contributed by atoms with Crippen molar-refractivity contribution in [1.82, 2.24) is 4.81 Å². The van der Waals surface area contributed by atoms with Gasteiger partial charge >= 0.3 is 6.85 Å². The molecule has 70 valence electrons. The lowest BCUT2D eigenvalue weighted by Gasteiger charge is -2.34. The Labute approximate surface area is 81.9 Å². The predicted octanol–water partition coefficient (Wildman–Crippen LogP) is 2.82. The summed E-state index contributed by atoms with van der Waals surface area (Å²) >= 11 is 0. The molecule has 0 spiro atoms. The van der Waals surface area contributed by atoms with E-state index in [1.807, 2.05) is 5.98 Å². The Hall–Kier alpha value is -0.915. The number of allylic oxidation sites excluding steroid dienone is 4. The van der Waals surface area contributed by atoms with Gasteiger partial charge in [-0.1, -0.05) is 17.0 Å². The van der Waals surface area contributed by atoms with Crippen LogP contribution in [0.3, 0.4) is 0 Å². The summed E-state index contributed by atoms with van der Waals surface area (Å²) in [7, 11) is 2.13. The lowest BCUT2D eigenvalue weighted by atomic mass is 9.51. The monoisotopic (exact) mass is 175 g/mol. The minimum atomic E-state index is 0.378. The molecule has 0 radical (unpaired) electrons. The van der Waals surface area contributed by atoms with Crippen LogP contribution >= 0.6 is 0 Å². The lowest BCUT2D eigenvalue weighted by molar-refractivity contribution is 0.638. The number of rotatable bonds is 1. The van der Waals surface area contributed by atoms with Crippen LogP contribution in [0.4, 0.5) is 0 Å². The van der Waals surface area contributed by atoms with Crippen molar-refractivity contribution >= 4 is 6.85 Å². The molecule has 0 saturated carbocycles. The van der Waals surface area contributed by atoms with Gasteiger partial charge in [-0.25, -0.2) is 0 Å². The van der Waals surface area contributed by atoms with E-state index < -0.39 is 0 Å². The van der Waals surface area contributed by atoms with Crippen LogP contribution in [0, 0.1) is 0 Å². The van der Waals surface area contributed by atoms with Crippen LogP contribution in [-0.2, 0) is 0 Å². The van der Waals surface area contributed by atoms with Crippen LogP contribution < -0.4 is 0 Å². The molecule has 2 heteroatoms. The molecule has 1 heterocycles. The first-order chi connectivity index (χ1) is 6.00. The molecule has 0 atom stereocenters. The van der Waals surface area contributed by atoms with Crippen molar-refractivity contribution in [2.45, 2.75) is 27.7 Å². The molecular formula is C11H18BN. The Kier molecular flexibility index (Phi) is 2.70. The Balaban J connectivity index is 3.22. The third-order valence-electron chi connectivity index (χ3n) is 3.31. The molecule has 0 N–H and O–H groups in total. The molecule has 0 aliphatic carbocycles. The Morgan fingerprint density at radius 2 is 1.69 bits per heavy atom. The van der Waals surface area contributed by atoms with Gasteiger partial charge in [-0.2, -0.15) is 0 Å². The molecule has 0 aromatic carbocycles. The molecule has 0 saturated heterocycles. The third kappa shape index (κ3) is 1.45. The quantitative estimate of drug-likeness (QED) is 0.554. The van der Waals surface area contributed by atoms with E-state index in [4.69, 9.17) is 0 Å². The molecule has 1 aliphatic rings. The molecule has 0 bridgehead atoms. The minimum Gasteiger partial charge on any atom is -0.414 e. The van der Waals surface area contributed by atoms with E-state index in [1.165, 1.54) is 22.3 Å². The zero-order valence-electron chi connectivity index (χ0n) is 9.31. The molecule has 1 nitrogen and oxygen atoms in total. The molecule has 1 aliphatic heterocycles. The molecule has 1 rings (SSSR count). The summed E-state index contributed by atoms with van der Waals surface area (Å²) in [4.78, 5) is 2.28. The SMILES string of the molecule is C=CB1C(C)=C(C)C(C)=C(C)N1C. The maximum atomic E-state index is 3.88. The van der Waals surface area contributed by atoms with Crippen molar-refractivity contribution in [1.29, 1.82) is 0 Å². The average molecular weight is 175 g/mol. The van der Waals surface area contributed by atoms with Gasteiger partial charge in [0.25, 0.3) is 0 Å². The highest BCUT2D eigenvalue weighted by Gasteiger charge is 2.26. The molecule has 0 amide bonds. The van der Waals surface area contributed by atoms with Gasteiger partial charge in [0.1, 0.15) is 0 Å². The van der Waals surface area contributed by atoms with Crippen LogP contribution in [0.1, 0.15) is 27.7 Å². The highest BCUT2D eigenvalue weighted by molar-refractivity contribution is 6.69. The van der Waals surface area contributed by atoms with E-state index in [0.29, 0.717) is 6.85 Å². The fourth-order valence-corrected chi connectivity index (χ4v) is 1.89. The zero-order valence-corrected chi connectivity index (χ0v) is 9.31. The normalized spacial score (nSPS) is 18.5. The summed E-state index contributed by atoms with van der Waals surface area (Å²) in [5.41, 5.74) is 5.59. The fraction of sp³-hybridized carbons (Fsp3) is 0.455. The van der Waals surface area contributed by atoms with Gasteiger partial charge in [0, 0.05) is 5.70 Å². The van der Waals surface area contributed by atoms with E-state index in [2.05, 4.69) is 46.1 Å². The highest BCUT2D eigenvalue weighted by atomic mass is 15.0. The first kappa shape index (κ1) is 10.2. The maximum absolute atomic E-state index is 3.88. The second kappa shape index (κ2) is 3.45. The molecule has 0 fully saturated rings. The number of nitrogens with zero attached hydrogens (tertiary/aromatic N) is 1. The summed E-state index contributed by atoms with van der Waals surface area (Å²) in [6.07, 6.45) is 0. The number of hydrogen-bond acceptors (Lipinski definition) is 1. The largest absolute Gasteiger partial charge is 0.414 e. The van der Waals surface area contributed by atoms with Crippen molar-refractivity contribution in [3.63, 3.8) is 0 Å². The van der Waals surface area contributed by atoms with Gasteiger partial charge in [-0.15, -0.1) is 6.58 Å². The topological polar surface area (TPSA) is 3.24 Å². The standard InChI is InChI=1S/C11H18BN/c1-7-12-10(4)8(2)9(3)11(5)13(12)6/h7H,1H2,2-6H3. The lowest BCUT2D eigenvalue weighted by Crippen LogP contribution is -2.38. The third-order valence-corrected chi connectivity index (χ3v) is 3.31. The van der Waals surface area contributed by atoms with E-state index in [0.717, 1.165) is 0 Å². The van der Waals surface area contributed by atoms with Crippen LogP contribution in [-0.4, -0.2) is 18.7 Å². The van der Waals surface area contributed by atoms with Crippen LogP contribution in [0.5, 0.6) is 0 Å². The molecule has 13 heavy (non-hydrogen) atoms. The van der Waals surface area contributed by atoms with Gasteiger partial charge < -0.3 is 4.81 Å². The van der Waals surface area contributed by atoms with Crippen LogP contribution in [0.15, 0.2) is 34.9 Å². The first-order valence-electron chi connectivity index (χ1n) is 4.71. The van der Waals surface area contributed by atoms with Crippen molar-refractivity contribution < 1.29 is 0 Å². The maximum Gasteiger partial charge on any atom is 0.310 e. The van der Waals surface area contributed by atoms with Gasteiger partial charge in [0.05, 0.1) is 0 Å². The van der Waals surface area contributed by atoms with Crippen molar-refractivity contribution in [2.24, 2.45) is 0 Å². The van der Waals surface area contributed by atoms with E-state index in [1.54, 1.807) is 0 Å². The fourth-order valence-electron chi connectivity index (χ4n) is 1.89. The van der Waals surface area contributed by atoms with E-state index >= 15 is 0 Å². The van der Waals surface area contributed by atoms with Crippen molar-refractivity contribution in [3.8, 4) is 0 Å². The Bertz CT molecular complexity index is 299. The smallest absolute Gasteiger partial charge is 0.310 e. The molecule has 0 aromatic rings. The predicted molar refractivity (Wildman–Crippen MR) is 60.5 cm³/mol.